The molecule has 1 heterocycles. The maximum absolute atomic E-state index is 11.5. The van der Waals surface area contributed by atoms with Gasteiger partial charge in [-0.3, -0.25) is 4.79 Å². The van der Waals surface area contributed by atoms with E-state index in [2.05, 4.69) is 12.2 Å². The Morgan fingerprint density at radius 2 is 1.15 bits per heavy atom. The van der Waals surface area contributed by atoms with E-state index in [-0.39, 0.29) is 5.97 Å². The van der Waals surface area contributed by atoms with E-state index in [1.807, 2.05) is 0 Å². The molecule has 0 saturated carbocycles. The van der Waals surface area contributed by atoms with Crippen LogP contribution in [0, 0.1) is 0 Å². The summed E-state index contributed by atoms with van der Waals surface area (Å²) in [6.07, 6.45) is 21.3. The lowest BCUT2D eigenvalue weighted by atomic mass is 10.1. The van der Waals surface area contributed by atoms with E-state index in [1.54, 1.807) is 0 Å². The van der Waals surface area contributed by atoms with Gasteiger partial charge in [0.15, 0.2) is 0 Å². The quantitative estimate of drug-likeness (QED) is 0.429. The first-order chi connectivity index (χ1) is 9.89. The predicted octanol–water partition coefficient (Wildman–Crippen LogP) is 5.56. The molecule has 1 aliphatic rings. The van der Waals surface area contributed by atoms with Crippen molar-refractivity contribution < 1.29 is 9.53 Å². The highest BCUT2D eigenvalue weighted by molar-refractivity contribution is 5.69. The molecule has 0 saturated heterocycles. The first-order valence-corrected chi connectivity index (χ1v) is 8.70. The lowest BCUT2D eigenvalue weighted by Gasteiger charge is -2.05. The third-order valence-electron chi connectivity index (χ3n) is 3.95. The fraction of sp³-hybridized carbons (Fsp3) is 0.833. The molecule has 20 heavy (non-hydrogen) atoms. The summed E-state index contributed by atoms with van der Waals surface area (Å²) in [6.45, 7) is 0.628. The summed E-state index contributed by atoms with van der Waals surface area (Å²) in [6, 6.07) is 0. The minimum Gasteiger partial charge on any atom is -0.466 e. The van der Waals surface area contributed by atoms with E-state index in [0.717, 1.165) is 19.3 Å². The maximum Gasteiger partial charge on any atom is 0.305 e. The molecule has 0 radical (unpaired) electrons. The zero-order valence-corrected chi connectivity index (χ0v) is 13.1. The van der Waals surface area contributed by atoms with Crippen molar-refractivity contribution in [1.29, 1.82) is 0 Å². The number of ether oxygens (including phenoxy) is 1. The van der Waals surface area contributed by atoms with Gasteiger partial charge < -0.3 is 4.74 Å². The second-order valence-electron chi connectivity index (χ2n) is 5.91. The molecular weight excluding hydrogens is 248 g/mol. The molecule has 0 N–H and O–H groups in total. The van der Waals surface area contributed by atoms with Crippen molar-refractivity contribution in [3.05, 3.63) is 12.2 Å². The lowest BCUT2D eigenvalue weighted by molar-refractivity contribution is -0.143. The summed E-state index contributed by atoms with van der Waals surface area (Å²) in [5.41, 5.74) is 0. The fourth-order valence-corrected chi connectivity index (χ4v) is 2.63. The first-order valence-electron chi connectivity index (χ1n) is 8.70. The van der Waals surface area contributed by atoms with Crippen molar-refractivity contribution in [3.8, 4) is 0 Å². The maximum atomic E-state index is 11.5. The van der Waals surface area contributed by atoms with Gasteiger partial charge in [-0.2, -0.15) is 0 Å². The van der Waals surface area contributed by atoms with E-state index in [1.165, 1.54) is 64.2 Å². The Morgan fingerprint density at radius 3 is 1.80 bits per heavy atom. The predicted molar refractivity (Wildman–Crippen MR) is 84.7 cm³/mol. The van der Waals surface area contributed by atoms with Gasteiger partial charge in [-0.05, 0) is 38.5 Å². The molecule has 2 nitrogen and oxygen atoms in total. The van der Waals surface area contributed by atoms with Crippen LogP contribution in [0.3, 0.4) is 0 Å². The van der Waals surface area contributed by atoms with Gasteiger partial charge in [0.25, 0.3) is 0 Å². The van der Waals surface area contributed by atoms with E-state index in [4.69, 9.17) is 4.74 Å². The van der Waals surface area contributed by atoms with Gasteiger partial charge in [0, 0.05) is 6.42 Å². The second kappa shape index (κ2) is 13.2. The lowest BCUT2D eigenvalue weighted by Crippen LogP contribution is -2.05. The topological polar surface area (TPSA) is 26.3 Å². The van der Waals surface area contributed by atoms with E-state index < -0.39 is 0 Å². The van der Waals surface area contributed by atoms with Crippen molar-refractivity contribution >= 4 is 5.97 Å². The number of hydrogen-bond donors (Lipinski definition) is 0. The molecule has 1 rings (SSSR count). The van der Waals surface area contributed by atoms with Gasteiger partial charge in [-0.25, -0.2) is 0 Å². The van der Waals surface area contributed by atoms with Gasteiger partial charge in [0.2, 0.25) is 0 Å². The molecule has 0 aromatic rings. The third-order valence-corrected chi connectivity index (χ3v) is 3.95. The van der Waals surface area contributed by atoms with Gasteiger partial charge in [-0.1, -0.05) is 57.1 Å². The van der Waals surface area contributed by atoms with E-state index in [0.29, 0.717) is 13.0 Å². The van der Waals surface area contributed by atoms with Crippen LogP contribution in [0.15, 0.2) is 12.2 Å². The Morgan fingerprint density at radius 1 is 0.650 bits per heavy atom. The molecule has 0 amide bonds. The Bertz CT molecular complexity index is 258. The molecular formula is C18H32O2. The summed E-state index contributed by atoms with van der Waals surface area (Å²) in [5.74, 6) is 0.00260. The molecule has 0 unspecified atom stereocenters. The molecule has 0 aliphatic carbocycles. The second-order valence-corrected chi connectivity index (χ2v) is 5.91. The van der Waals surface area contributed by atoms with Crippen molar-refractivity contribution in [2.75, 3.05) is 6.61 Å². The molecule has 0 bridgehead atoms. The van der Waals surface area contributed by atoms with Crippen LogP contribution in [0.1, 0.15) is 89.9 Å². The zero-order chi connectivity index (χ0) is 14.3. The van der Waals surface area contributed by atoms with Gasteiger partial charge >= 0.3 is 5.97 Å². The first kappa shape index (κ1) is 17.3. The van der Waals surface area contributed by atoms with Crippen LogP contribution in [0.5, 0.6) is 0 Å². The SMILES string of the molecule is O=C1CCCCCC/C=C\CCCCCCCCCO1. The van der Waals surface area contributed by atoms with E-state index in [9.17, 15) is 4.79 Å². The Kier molecular flexibility index (Phi) is 11.4. The van der Waals surface area contributed by atoms with Crippen LogP contribution in [0.25, 0.3) is 0 Å². The normalized spacial score (nSPS) is 23.9. The average molecular weight is 280 g/mol. The number of esters is 1. The van der Waals surface area contributed by atoms with Gasteiger partial charge in [0.05, 0.1) is 6.61 Å². The molecule has 2 heteroatoms. The summed E-state index contributed by atoms with van der Waals surface area (Å²) < 4.78 is 5.26. The van der Waals surface area contributed by atoms with Crippen molar-refractivity contribution in [2.45, 2.75) is 89.9 Å². The monoisotopic (exact) mass is 280 g/mol. The van der Waals surface area contributed by atoms with Crippen LogP contribution >= 0.6 is 0 Å². The van der Waals surface area contributed by atoms with Gasteiger partial charge in [-0.15, -0.1) is 0 Å². The molecule has 0 spiro atoms. The summed E-state index contributed by atoms with van der Waals surface area (Å²) in [4.78, 5) is 11.5. The van der Waals surface area contributed by atoms with Crippen LogP contribution in [-0.2, 0) is 9.53 Å². The number of cyclic esters (lactones) is 1. The number of allylic oxidation sites excluding steroid dienone is 2. The highest BCUT2D eigenvalue weighted by atomic mass is 16.5. The standard InChI is InChI=1S/C18H32O2/c19-18-16-14-12-10-8-6-4-2-1-3-5-7-9-11-13-15-17-20-18/h2,4H,1,3,5-17H2/b4-2-. The Balaban J connectivity index is 2.15. The minimum absolute atomic E-state index is 0.00260. The number of hydrogen-bond acceptors (Lipinski definition) is 2. The smallest absolute Gasteiger partial charge is 0.305 e. The summed E-state index contributed by atoms with van der Waals surface area (Å²) in [7, 11) is 0. The summed E-state index contributed by atoms with van der Waals surface area (Å²) >= 11 is 0. The molecule has 0 aromatic carbocycles. The number of carbonyl (C=O) groups is 1. The molecule has 0 aromatic heterocycles. The Labute approximate surface area is 125 Å². The van der Waals surface area contributed by atoms with Crippen LogP contribution in [0.4, 0.5) is 0 Å². The fourth-order valence-electron chi connectivity index (χ4n) is 2.63. The van der Waals surface area contributed by atoms with Gasteiger partial charge in [0.1, 0.15) is 0 Å². The van der Waals surface area contributed by atoms with E-state index >= 15 is 0 Å². The van der Waals surface area contributed by atoms with Crippen LogP contribution < -0.4 is 0 Å². The molecule has 0 atom stereocenters. The van der Waals surface area contributed by atoms with Crippen LogP contribution in [-0.4, -0.2) is 12.6 Å². The zero-order valence-electron chi connectivity index (χ0n) is 13.1. The van der Waals surface area contributed by atoms with Crippen molar-refractivity contribution in [3.63, 3.8) is 0 Å². The highest BCUT2D eigenvalue weighted by Crippen LogP contribution is 2.11. The Hall–Kier alpha value is -0.790. The number of rotatable bonds is 0. The molecule has 0 fully saturated rings. The summed E-state index contributed by atoms with van der Waals surface area (Å²) in [5, 5.41) is 0. The van der Waals surface area contributed by atoms with Crippen molar-refractivity contribution in [1.82, 2.24) is 0 Å². The van der Waals surface area contributed by atoms with Crippen molar-refractivity contribution in [2.24, 2.45) is 0 Å². The molecule has 116 valence electrons. The average Bonchev–Trinajstić information content (AvgIpc) is 2.45. The molecule has 1 aliphatic heterocycles. The highest BCUT2D eigenvalue weighted by Gasteiger charge is 2.02. The largest absolute Gasteiger partial charge is 0.466 e. The van der Waals surface area contributed by atoms with Crippen LogP contribution in [0.2, 0.25) is 0 Å². The third kappa shape index (κ3) is 11.1. The number of carbonyl (C=O) groups excluding carboxylic acids is 1. The minimum atomic E-state index is 0.00260.